The van der Waals surface area contributed by atoms with E-state index in [2.05, 4.69) is 9.68 Å². The summed E-state index contributed by atoms with van der Waals surface area (Å²) in [6.45, 7) is 0. The van der Waals surface area contributed by atoms with Crippen molar-refractivity contribution in [2.24, 2.45) is 0 Å². The zero-order chi connectivity index (χ0) is 12.3. The lowest BCUT2D eigenvalue weighted by Gasteiger charge is -2.11. The molecule has 1 N–H and O–H groups in total. The maximum atomic E-state index is 11.2. The number of hydrogen-bond donors (Lipinski definition) is 1. The first-order valence-corrected chi connectivity index (χ1v) is 5.41. The lowest BCUT2D eigenvalue weighted by atomic mass is 9.93. The number of aromatic nitrogens is 1. The summed E-state index contributed by atoms with van der Waals surface area (Å²) in [5.74, 6) is -1.50. The largest absolute Gasteiger partial charge is 0.481 e. The first kappa shape index (κ1) is 11.7. The van der Waals surface area contributed by atoms with E-state index in [-0.39, 0.29) is 0 Å². The van der Waals surface area contributed by atoms with Crippen LogP contribution in [0.5, 0.6) is 0 Å². The predicted octanol–water partition coefficient (Wildman–Crippen LogP) is 2.74. The van der Waals surface area contributed by atoms with Crippen LogP contribution in [0.1, 0.15) is 17.0 Å². The van der Waals surface area contributed by atoms with Crippen LogP contribution in [-0.2, 0) is 11.2 Å². The molecule has 1 unspecified atom stereocenters. The quantitative estimate of drug-likeness (QED) is 0.908. The number of nitrogens with zero attached hydrogens (tertiary/aromatic N) is 1. The van der Waals surface area contributed by atoms with Crippen LogP contribution in [-0.4, -0.2) is 16.2 Å². The molecule has 0 saturated heterocycles. The van der Waals surface area contributed by atoms with E-state index in [1.54, 1.807) is 24.3 Å². The first-order chi connectivity index (χ1) is 8.16. The molecule has 0 spiro atoms. The Morgan fingerprint density at radius 1 is 1.41 bits per heavy atom. The Morgan fingerprint density at radius 2 is 2.12 bits per heavy atom. The molecule has 0 radical (unpaired) electrons. The highest BCUT2D eigenvalue weighted by Gasteiger charge is 2.20. The van der Waals surface area contributed by atoms with Gasteiger partial charge in [-0.3, -0.25) is 4.79 Å². The average molecular weight is 252 g/mol. The summed E-state index contributed by atoms with van der Waals surface area (Å²) in [6, 6.07) is 6.80. The molecule has 0 aliphatic rings. The standard InChI is InChI=1S/C12H10ClNO3/c13-10-3-1-9(2-4-10)11(12(15)16)5-8-6-14-17-7-8/h1-4,6-7,11H,5H2,(H,15,16). The van der Waals surface area contributed by atoms with Crippen molar-refractivity contribution in [1.82, 2.24) is 5.16 Å². The summed E-state index contributed by atoms with van der Waals surface area (Å²) < 4.78 is 4.69. The summed E-state index contributed by atoms with van der Waals surface area (Å²) in [5, 5.41) is 13.4. The van der Waals surface area contributed by atoms with Crippen LogP contribution in [0.3, 0.4) is 0 Å². The van der Waals surface area contributed by atoms with E-state index >= 15 is 0 Å². The smallest absolute Gasteiger partial charge is 0.311 e. The lowest BCUT2D eigenvalue weighted by Crippen LogP contribution is -2.14. The Balaban J connectivity index is 2.23. The molecule has 1 aromatic heterocycles. The Kier molecular flexibility index (Phi) is 3.44. The van der Waals surface area contributed by atoms with Crippen molar-refractivity contribution >= 4 is 17.6 Å². The van der Waals surface area contributed by atoms with E-state index in [1.807, 2.05) is 0 Å². The fourth-order valence-corrected chi connectivity index (χ4v) is 1.73. The molecule has 5 heteroatoms. The van der Waals surface area contributed by atoms with Crippen molar-refractivity contribution in [3.8, 4) is 0 Å². The van der Waals surface area contributed by atoms with E-state index in [1.165, 1.54) is 12.5 Å². The number of benzene rings is 1. The highest BCUT2D eigenvalue weighted by Crippen LogP contribution is 2.22. The maximum absolute atomic E-state index is 11.2. The minimum absolute atomic E-state index is 0.348. The number of carbonyl (C=O) groups is 1. The van der Waals surface area contributed by atoms with Crippen LogP contribution in [0.25, 0.3) is 0 Å². The van der Waals surface area contributed by atoms with E-state index < -0.39 is 11.9 Å². The molecule has 2 aromatic rings. The molecule has 0 aliphatic heterocycles. The van der Waals surface area contributed by atoms with Gasteiger partial charge in [-0.15, -0.1) is 0 Å². The molecule has 0 amide bonds. The minimum atomic E-state index is -0.881. The summed E-state index contributed by atoms with van der Waals surface area (Å²) in [7, 11) is 0. The zero-order valence-corrected chi connectivity index (χ0v) is 9.59. The highest BCUT2D eigenvalue weighted by atomic mass is 35.5. The fourth-order valence-electron chi connectivity index (χ4n) is 1.61. The molecule has 0 bridgehead atoms. The van der Waals surface area contributed by atoms with Crippen LogP contribution in [0.2, 0.25) is 5.02 Å². The maximum Gasteiger partial charge on any atom is 0.311 e. The number of carboxylic acid groups (broad SMARTS) is 1. The Labute approximate surface area is 103 Å². The topological polar surface area (TPSA) is 63.3 Å². The second kappa shape index (κ2) is 5.01. The van der Waals surface area contributed by atoms with Gasteiger partial charge >= 0.3 is 5.97 Å². The summed E-state index contributed by atoms with van der Waals surface area (Å²) in [4.78, 5) is 11.2. The minimum Gasteiger partial charge on any atom is -0.481 e. The molecule has 2 rings (SSSR count). The van der Waals surface area contributed by atoms with Crippen LogP contribution in [0.4, 0.5) is 0 Å². The molecule has 0 saturated carbocycles. The Bertz CT molecular complexity index is 493. The lowest BCUT2D eigenvalue weighted by molar-refractivity contribution is -0.138. The van der Waals surface area contributed by atoms with Crippen molar-refractivity contribution in [2.75, 3.05) is 0 Å². The third-order valence-electron chi connectivity index (χ3n) is 2.49. The van der Waals surface area contributed by atoms with Crippen molar-refractivity contribution < 1.29 is 14.4 Å². The third kappa shape index (κ3) is 2.85. The molecule has 88 valence electrons. The number of hydrogen-bond acceptors (Lipinski definition) is 3. The van der Waals surface area contributed by atoms with Gasteiger partial charge in [-0.2, -0.15) is 0 Å². The normalized spacial score (nSPS) is 12.3. The number of halogens is 1. The van der Waals surface area contributed by atoms with Gasteiger partial charge in [0.2, 0.25) is 0 Å². The van der Waals surface area contributed by atoms with Gasteiger partial charge in [0.05, 0.1) is 12.1 Å². The molecular formula is C12H10ClNO3. The van der Waals surface area contributed by atoms with E-state index in [4.69, 9.17) is 11.6 Å². The zero-order valence-electron chi connectivity index (χ0n) is 8.84. The molecular weight excluding hydrogens is 242 g/mol. The number of carboxylic acids is 1. The monoisotopic (exact) mass is 251 g/mol. The van der Waals surface area contributed by atoms with Gasteiger partial charge in [0.25, 0.3) is 0 Å². The van der Waals surface area contributed by atoms with Crippen molar-refractivity contribution in [2.45, 2.75) is 12.3 Å². The summed E-state index contributed by atoms with van der Waals surface area (Å²) in [5.41, 5.74) is 1.47. The third-order valence-corrected chi connectivity index (χ3v) is 2.75. The van der Waals surface area contributed by atoms with E-state index in [0.29, 0.717) is 17.0 Å². The Hall–Kier alpha value is -1.81. The van der Waals surface area contributed by atoms with Gasteiger partial charge in [-0.05, 0) is 24.1 Å². The van der Waals surface area contributed by atoms with E-state index in [9.17, 15) is 9.90 Å². The fraction of sp³-hybridized carbons (Fsp3) is 0.167. The molecule has 1 atom stereocenters. The molecule has 17 heavy (non-hydrogen) atoms. The average Bonchev–Trinajstić information content (AvgIpc) is 2.80. The Morgan fingerprint density at radius 3 is 2.65 bits per heavy atom. The molecule has 1 heterocycles. The summed E-state index contributed by atoms with van der Waals surface area (Å²) in [6.07, 6.45) is 3.32. The number of rotatable bonds is 4. The van der Waals surface area contributed by atoms with Crippen LogP contribution in [0.15, 0.2) is 41.2 Å². The molecule has 4 nitrogen and oxygen atoms in total. The van der Waals surface area contributed by atoms with Gasteiger partial charge in [-0.1, -0.05) is 28.9 Å². The van der Waals surface area contributed by atoms with Crippen molar-refractivity contribution in [3.05, 3.63) is 52.9 Å². The van der Waals surface area contributed by atoms with Crippen molar-refractivity contribution in [1.29, 1.82) is 0 Å². The second-order valence-corrected chi connectivity index (χ2v) is 4.12. The van der Waals surface area contributed by atoms with Gasteiger partial charge in [0, 0.05) is 10.6 Å². The van der Waals surface area contributed by atoms with Gasteiger partial charge < -0.3 is 9.63 Å². The van der Waals surface area contributed by atoms with Crippen LogP contribution >= 0.6 is 11.6 Å². The molecule has 0 fully saturated rings. The first-order valence-electron chi connectivity index (χ1n) is 5.03. The number of aliphatic carboxylic acids is 1. The second-order valence-electron chi connectivity index (χ2n) is 3.68. The highest BCUT2D eigenvalue weighted by molar-refractivity contribution is 6.30. The van der Waals surface area contributed by atoms with Crippen molar-refractivity contribution in [3.63, 3.8) is 0 Å². The summed E-state index contributed by atoms with van der Waals surface area (Å²) >= 11 is 5.77. The SMILES string of the molecule is O=C(O)C(Cc1cnoc1)c1ccc(Cl)cc1. The van der Waals surface area contributed by atoms with Crippen LogP contribution in [0, 0.1) is 0 Å². The van der Waals surface area contributed by atoms with Gasteiger partial charge in [0.1, 0.15) is 6.26 Å². The van der Waals surface area contributed by atoms with Gasteiger partial charge in [0.15, 0.2) is 0 Å². The molecule has 0 aliphatic carbocycles. The molecule has 1 aromatic carbocycles. The van der Waals surface area contributed by atoms with Gasteiger partial charge in [-0.25, -0.2) is 0 Å². The van der Waals surface area contributed by atoms with E-state index in [0.717, 1.165) is 5.56 Å². The van der Waals surface area contributed by atoms with Crippen LogP contribution < -0.4 is 0 Å². The predicted molar refractivity (Wildman–Crippen MR) is 62.0 cm³/mol.